The SMILES string of the molecule is CCn1ccnc1CN(C)C(=O)c1csc2nc(-c3ccc(F)cc3)cn12. The zero-order valence-electron chi connectivity index (χ0n) is 15.0. The summed E-state index contributed by atoms with van der Waals surface area (Å²) in [5.41, 5.74) is 2.07. The fourth-order valence-corrected chi connectivity index (χ4v) is 3.80. The van der Waals surface area contributed by atoms with Gasteiger partial charge < -0.3 is 9.47 Å². The molecule has 0 unspecified atom stereocenters. The van der Waals surface area contributed by atoms with E-state index >= 15 is 0 Å². The second kappa shape index (κ2) is 6.96. The van der Waals surface area contributed by atoms with Crippen molar-refractivity contribution in [3.8, 4) is 11.3 Å². The Labute approximate surface area is 159 Å². The molecule has 0 radical (unpaired) electrons. The topological polar surface area (TPSA) is 55.4 Å². The first-order valence-corrected chi connectivity index (χ1v) is 9.42. The Balaban J connectivity index is 1.61. The lowest BCUT2D eigenvalue weighted by Crippen LogP contribution is -2.28. The van der Waals surface area contributed by atoms with Gasteiger partial charge in [-0.05, 0) is 31.2 Å². The first-order chi connectivity index (χ1) is 13.1. The number of halogens is 1. The normalized spacial score (nSPS) is 11.2. The molecular weight excluding hydrogens is 365 g/mol. The van der Waals surface area contributed by atoms with E-state index in [0.29, 0.717) is 17.9 Å². The molecule has 0 aliphatic heterocycles. The zero-order valence-corrected chi connectivity index (χ0v) is 15.8. The number of carbonyl (C=O) groups is 1. The number of fused-ring (bicyclic) bond motifs is 1. The molecule has 0 aliphatic rings. The maximum absolute atomic E-state index is 13.1. The van der Waals surface area contributed by atoms with Gasteiger partial charge >= 0.3 is 0 Å². The van der Waals surface area contributed by atoms with E-state index in [9.17, 15) is 9.18 Å². The average Bonchev–Trinajstić information content (AvgIpc) is 3.36. The smallest absolute Gasteiger partial charge is 0.271 e. The van der Waals surface area contributed by atoms with Gasteiger partial charge in [-0.15, -0.1) is 11.3 Å². The van der Waals surface area contributed by atoms with Crippen LogP contribution in [0.15, 0.2) is 48.2 Å². The highest BCUT2D eigenvalue weighted by Gasteiger charge is 2.20. The van der Waals surface area contributed by atoms with Crippen molar-refractivity contribution in [2.75, 3.05) is 7.05 Å². The van der Waals surface area contributed by atoms with Crippen molar-refractivity contribution >= 4 is 22.2 Å². The van der Waals surface area contributed by atoms with E-state index in [0.717, 1.165) is 22.9 Å². The van der Waals surface area contributed by atoms with Crippen LogP contribution in [0.1, 0.15) is 23.2 Å². The second-order valence-corrected chi connectivity index (χ2v) is 7.03. The molecule has 0 saturated heterocycles. The molecule has 0 fully saturated rings. The van der Waals surface area contributed by atoms with Gasteiger partial charge in [0.15, 0.2) is 4.96 Å². The monoisotopic (exact) mass is 383 g/mol. The fraction of sp³-hybridized carbons (Fsp3) is 0.211. The number of nitrogens with zero attached hydrogens (tertiary/aromatic N) is 5. The molecule has 0 spiro atoms. The van der Waals surface area contributed by atoms with Gasteiger partial charge in [0.2, 0.25) is 0 Å². The summed E-state index contributed by atoms with van der Waals surface area (Å²) in [6, 6.07) is 6.16. The zero-order chi connectivity index (χ0) is 19.0. The first-order valence-electron chi connectivity index (χ1n) is 8.55. The molecule has 6 nitrogen and oxygen atoms in total. The summed E-state index contributed by atoms with van der Waals surface area (Å²) < 4.78 is 16.9. The van der Waals surface area contributed by atoms with Gasteiger partial charge in [-0.2, -0.15) is 0 Å². The summed E-state index contributed by atoms with van der Waals surface area (Å²) in [5, 5.41) is 1.81. The van der Waals surface area contributed by atoms with Gasteiger partial charge in [0.25, 0.3) is 5.91 Å². The number of aryl methyl sites for hydroxylation is 1. The van der Waals surface area contributed by atoms with Crippen LogP contribution in [0.5, 0.6) is 0 Å². The number of amides is 1. The first kappa shape index (κ1) is 17.4. The molecule has 0 bridgehead atoms. The predicted octanol–water partition coefficient (Wildman–Crippen LogP) is 3.69. The predicted molar refractivity (Wildman–Crippen MR) is 102 cm³/mol. The van der Waals surface area contributed by atoms with Gasteiger partial charge in [0.05, 0.1) is 12.2 Å². The molecule has 3 heterocycles. The number of hydrogen-bond donors (Lipinski definition) is 0. The highest BCUT2D eigenvalue weighted by atomic mass is 32.1. The maximum Gasteiger partial charge on any atom is 0.271 e. The van der Waals surface area contributed by atoms with Crippen molar-refractivity contribution in [2.24, 2.45) is 0 Å². The third-order valence-corrected chi connectivity index (χ3v) is 5.28. The number of imidazole rings is 2. The lowest BCUT2D eigenvalue weighted by molar-refractivity contribution is 0.0773. The number of benzene rings is 1. The lowest BCUT2D eigenvalue weighted by atomic mass is 10.2. The molecule has 138 valence electrons. The number of rotatable bonds is 5. The lowest BCUT2D eigenvalue weighted by Gasteiger charge is -2.17. The van der Waals surface area contributed by atoms with E-state index in [4.69, 9.17) is 0 Å². The highest BCUT2D eigenvalue weighted by Crippen LogP contribution is 2.24. The molecule has 8 heteroatoms. The Morgan fingerprint density at radius 2 is 2.07 bits per heavy atom. The van der Waals surface area contributed by atoms with E-state index in [1.807, 2.05) is 29.3 Å². The van der Waals surface area contributed by atoms with Crippen molar-refractivity contribution < 1.29 is 9.18 Å². The fourth-order valence-electron chi connectivity index (χ4n) is 2.96. The largest absolute Gasteiger partial charge is 0.334 e. The Morgan fingerprint density at radius 1 is 1.30 bits per heavy atom. The van der Waals surface area contributed by atoms with E-state index in [2.05, 4.69) is 9.97 Å². The highest BCUT2D eigenvalue weighted by molar-refractivity contribution is 7.15. The van der Waals surface area contributed by atoms with Crippen LogP contribution in [-0.2, 0) is 13.1 Å². The number of carbonyl (C=O) groups excluding carboxylic acids is 1. The number of thiazole rings is 1. The van der Waals surface area contributed by atoms with Gasteiger partial charge in [-0.25, -0.2) is 14.4 Å². The van der Waals surface area contributed by atoms with Crippen LogP contribution in [0.25, 0.3) is 16.2 Å². The summed E-state index contributed by atoms with van der Waals surface area (Å²) in [4.78, 5) is 24.2. The molecule has 1 aromatic carbocycles. The number of aromatic nitrogens is 4. The quantitative estimate of drug-likeness (QED) is 0.528. The molecular formula is C19H18FN5OS. The Morgan fingerprint density at radius 3 is 2.81 bits per heavy atom. The van der Waals surface area contributed by atoms with Crippen LogP contribution in [0.4, 0.5) is 4.39 Å². The van der Waals surface area contributed by atoms with Crippen LogP contribution in [0.3, 0.4) is 0 Å². The van der Waals surface area contributed by atoms with Crippen molar-refractivity contribution in [3.63, 3.8) is 0 Å². The van der Waals surface area contributed by atoms with Crippen LogP contribution in [0, 0.1) is 5.82 Å². The van der Waals surface area contributed by atoms with E-state index in [1.165, 1.54) is 23.5 Å². The minimum atomic E-state index is -0.289. The van der Waals surface area contributed by atoms with Crippen molar-refractivity contribution in [1.29, 1.82) is 0 Å². The summed E-state index contributed by atoms with van der Waals surface area (Å²) in [7, 11) is 1.76. The molecule has 0 aliphatic carbocycles. The van der Waals surface area contributed by atoms with Crippen molar-refractivity contribution in [3.05, 3.63) is 65.6 Å². The number of hydrogen-bond acceptors (Lipinski definition) is 4. The Hall–Kier alpha value is -3.00. The molecule has 0 N–H and O–H groups in total. The van der Waals surface area contributed by atoms with Crippen molar-refractivity contribution in [2.45, 2.75) is 20.0 Å². The summed E-state index contributed by atoms with van der Waals surface area (Å²) in [6.07, 6.45) is 5.46. The van der Waals surface area contributed by atoms with E-state index in [-0.39, 0.29) is 11.7 Å². The van der Waals surface area contributed by atoms with Crippen LogP contribution >= 0.6 is 11.3 Å². The average molecular weight is 383 g/mol. The molecule has 0 atom stereocenters. The molecule has 4 aromatic rings. The van der Waals surface area contributed by atoms with Gasteiger partial charge in [-0.3, -0.25) is 9.20 Å². The molecule has 1 amide bonds. The summed E-state index contributed by atoms with van der Waals surface area (Å²) in [5.74, 6) is 0.454. The minimum absolute atomic E-state index is 0.102. The molecule has 3 aromatic heterocycles. The Kier molecular flexibility index (Phi) is 4.49. The third-order valence-electron chi connectivity index (χ3n) is 4.44. The Bertz CT molecular complexity index is 1100. The van der Waals surface area contributed by atoms with Crippen molar-refractivity contribution in [1.82, 2.24) is 23.8 Å². The minimum Gasteiger partial charge on any atom is -0.334 e. The van der Waals surface area contributed by atoms with Gasteiger partial charge in [0.1, 0.15) is 17.3 Å². The van der Waals surface area contributed by atoms with E-state index in [1.54, 1.807) is 34.7 Å². The second-order valence-electron chi connectivity index (χ2n) is 6.20. The van der Waals surface area contributed by atoms with Gasteiger partial charge in [0, 0.05) is 43.1 Å². The molecule has 0 saturated carbocycles. The maximum atomic E-state index is 13.1. The van der Waals surface area contributed by atoms with Crippen LogP contribution in [-0.4, -0.2) is 36.8 Å². The molecule has 27 heavy (non-hydrogen) atoms. The van der Waals surface area contributed by atoms with Gasteiger partial charge in [-0.1, -0.05) is 0 Å². The van der Waals surface area contributed by atoms with E-state index < -0.39 is 0 Å². The summed E-state index contributed by atoms with van der Waals surface area (Å²) >= 11 is 1.40. The standard InChI is InChI=1S/C19H18FN5OS/c1-3-24-9-8-21-17(24)11-23(2)18(26)16-12-27-19-22-15(10-25(16)19)13-4-6-14(20)7-5-13/h4-10,12H,3,11H2,1-2H3. The molecule has 4 rings (SSSR count). The summed E-state index contributed by atoms with van der Waals surface area (Å²) in [6.45, 7) is 3.27. The third kappa shape index (κ3) is 3.23. The van der Waals surface area contributed by atoms with Crippen LogP contribution in [0.2, 0.25) is 0 Å². The van der Waals surface area contributed by atoms with Crippen LogP contribution < -0.4 is 0 Å².